The zero-order chi connectivity index (χ0) is 15.1. The third kappa shape index (κ3) is 4.66. The van der Waals surface area contributed by atoms with Crippen LogP contribution < -0.4 is 5.32 Å². The number of rotatable bonds is 7. The third-order valence-corrected chi connectivity index (χ3v) is 4.41. The quantitative estimate of drug-likeness (QED) is 0.713. The van der Waals surface area contributed by atoms with Gasteiger partial charge < -0.3 is 5.32 Å². The molecule has 0 unspecified atom stereocenters. The van der Waals surface area contributed by atoms with Gasteiger partial charge in [0.25, 0.3) is 0 Å². The Bertz CT molecular complexity index is 542. The van der Waals surface area contributed by atoms with Crippen LogP contribution >= 0.6 is 22.6 Å². The highest BCUT2D eigenvalue weighted by Gasteiger charge is 2.11. The highest BCUT2D eigenvalue weighted by molar-refractivity contribution is 14.1. The fraction of sp³-hybridized carbons (Fsp3) is 0.412. The van der Waals surface area contributed by atoms with Crippen molar-refractivity contribution in [1.29, 1.82) is 0 Å². The normalized spacial score (nSPS) is 10.6. The Morgan fingerprint density at radius 2 is 1.76 bits per heavy atom. The first kappa shape index (κ1) is 16.2. The Hall–Kier alpha value is -1.17. The van der Waals surface area contributed by atoms with Gasteiger partial charge in [0, 0.05) is 13.0 Å². The van der Waals surface area contributed by atoms with E-state index in [0.29, 0.717) is 0 Å². The van der Waals surface area contributed by atoms with E-state index in [4.69, 9.17) is 9.97 Å². The minimum atomic E-state index is 0.885. The van der Waals surface area contributed by atoms with Crippen LogP contribution in [-0.4, -0.2) is 16.5 Å². The summed E-state index contributed by atoms with van der Waals surface area (Å²) in [5, 5.41) is 3.35. The number of aromatic nitrogens is 2. The van der Waals surface area contributed by atoms with Gasteiger partial charge in [0.05, 0.1) is 9.26 Å². The average molecular weight is 395 g/mol. The second-order valence-corrected chi connectivity index (χ2v) is 6.09. The van der Waals surface area contributed by atoms with Crippen molar-refractivity contribution in [3.05, 3.63) is 51.0 Å². The molecule has 21 heavy (non-hydrogen) atoms. The van der Waals surface area contributed by atoms with Gasteiger partial charge >= 0.3 is 0 Å². The van der Waals surface area contributed by atoms with Crippen LogP contribution in [0.4, 0.5) is 5.82 Å². The first-order chi connectivity index (χ1) is 10.2. The van der Waals surface area contributed by atoms with E-state index in [1.54, 1.807) is 0 Å². The van der Waals surface area contributed by atoms with Crippen LogP contribution in [-0.2, 0) is 19.3 Å². The summed E-state index contributed by atoms with van der Waals surface area (Å²) in [4.78, 5) is 9.45. The molecule has 1 N–H and O–H groups in total. The van der Waals surface area contributed by atoms with E-state index in [2.05, 4.69) is 66.0 Å². The monoisotopic (exact) mass is 395 g/mol. The summed E-state index contributed by atoms with van der Waals surface area (Å²) in [5.74, 6) is 1.93. The highest BCUT2D eigenvalue weighted by atomic mass is 127. The molecule has 0 bridgehead atoms. The molecule has 1 aromatic carbocycles. The predicted molar refractivity (Wildman–Crippen MR) is 96.8 cm³/mol. The molecule has 0 aliphatic carbocycles. The molecule has 0 atom stereocenters. The minimum Gasteiger partial charge on any atom is -0.369 e. The number of aryl methyl sites for hydroxylation is 3. The van der Waals surface area contributed by atoms with Crippen molar-refractivity contribution in [2.75, 3.05) is 11.9 Å². The third-order valence-electron chi connectivity index (χ3n) is 3.28. The lowest BCUT2D eigenvalue weighted by atomic mass is 10.1. The van der Waals surface area contributed by atoms with Crippen LogP contribution in [0, 0.1) is 3.57 Å². The number of hydrogen-bond donors (Lipinski definition) is 1. The maximum absolute atomic E-state index is 4.76. The molecule has 1 heterocycles. The standard InChI is InChI=1S/C17H22IN3/c1-3-8-14-16(18)17(19-4-2)21-15(20-14)12-11-13-9-6-5-7-10-13/h5-7,9-10H,3-4,8,11-12H2,1-2H3,(H,19,20,21). The van der Waals surface area contributed by atoms with Crippen molar-refractivity contribution in [3.63, 3.8) is 0 Å². The van der Waals surface area contributed by atoms with Gasteiger partial charge in [0.2, 0.25) is 0 Å². The number of hydrogen-bond acceptors (Lipinski definition) is 3. The molecular formula is C17H22IN3. The molecule has 4 heteroatoms. The van der Waals surface area contributed by atoms with E-state index in [0.717, 1.165) is 43.9 Å². The fourth-order valence-electron chi connectivity index (χ4n) is 2.24. The smallest absolute Gasteiger partial charge is 0.143 e. The topological polar surface area (TPSA) is 37.8 Å². The molecule has 1 aromatic heterocycles. The fourth-order valence-corrected chi connectivity index (χ4v) is 2.95. The van der Waals surface area contributed by atoms with Gasteiger partial charge in [-0.05, 0) is 47.9 Å². The summed E-state index contributed by atoms with van der Waals surface area (Å²) in [5.41, 5.74) is 2.51. The van der Waals surface area contributed by atoms with Crippen molar-refractivity contribution in [2.24, 2.45) is 0 Å². The molecule has 0 fully saturated rings. The lowest BCUT2D eigenvalue weighted by molar-refractivity contribution is 0.799. The summed E-state index contributed by atoms with van der Waals surface area (Å²) >= 11 is 2.36. The van der Waals surface area contributed by atoms with Gasteiger partial charge in [0.15, 0.2) is 0 Å². The summed E-state index contributed by atoms with van der Waals surface area (Å²) in [6, 6.07) is 10.5. The van der Waals surface area contributed by atoms with E-state index in [1.165, 1.54) is 14.8 Å². The molecule has 0 saturated heterocycles. The van der Waals surface area contributed by atoms with Crippen molar-refractivity contribution in [2.45, 2.75) is 39.5 Å². The SMILES string of the molecule is CCCc1nc(CCc2ccccc2)nc(NCC)c1I. The van der Waals surface area contributed by atoms with Crippen LogP contribution in [0.3, 0.4) is 0 Å². The maximum Gasteiger partial charge on any atom is 0.143 e. The minimum absolute atomic E-state index is 0.885. The summed E-state index contributed by atoms with van der Waals surface area (Å²) < 4.78 is 1.17. The average Bonchev–Trinajstić information content (AvgIpc) is 2.51. The number of nitrogens with one attached hydrogen (secondary N) is 1. The lowest BCUT2D eigenvalue weighted by Gasteiger charge is -2.12. The lowest BCUT2D eigenvalue weighted by Crippen LogP contribution is -2.10. The molecule has 0 amide bonds. The maximum atomic E-state index is 4.76. The van der Waals surface area contributed by atoms with E-state index in [-0.39, 0.29) is 0 Å². The molecule has 3 nitrogen and oxygen atoms in total. The van der Waals surface area contributed by atoms with Gasteiger partial charge in [-0.15, -0.1) is 0 Å². The molecule has 112 valence electrons. The Morgan fingerprint density at radius 3 is 2.43 bits per heavy atom. The van der Waals surface area contributed by atoms with Gasteiger partial charge in [-0.3, -0.25) is 0 Å². The van der Waals surface area contributed by atoms with Crippen LogP contribution in [0.25, 0.3) is 0 Å². The van der Waals surface area contributed by atoms with Crippen LogP contribution in [0.5, 0.6) is 0 Å². The Kier molecular flexibility index (Phi) is 6.42. The van der Waals surface area contributed by atoms with Crippen molar-refractivity contribution < 1.29 is 0 Å². The predicted octanol–water partition coefficient (Wildman–Crippen LogP) is 4.25. The number of nitrogens with zero attached hydrogens (tertiary/aromatic N) is 2. The Labute approximate surface area is 140 Å². The molecule has 0 aliphatic rings. The summed E-state index contributed by atoms with van der Waals surface area (Å²) in [7, 11) is 0. The molecule has 2 aromatic rings. The van der Waals surface area contributed by atoms with Gasteiger partial charge in [-0.1, -0.05) is 43.7 Å². The van der Waals surface area contributed by atoms with E-state index < -0.39 is 0 Å². The number of halogens is 1. The molecular weight excluding hydrogens is 373 g/mol. The first-order valence-corrected chi connectivity index (χ1v) is 8.65. The van der Waals surface area contributed by atoms with Gasteiger partial charge in [-0.25, -0.2) is 9.97 Å². The van der Waals surface area contributed by atoms with Crippen molar-refractivity contribution in [3.8, 4) is 0 Å². The van der Waals surface area contributed by atoms with Crippen LogP contribution in [0.2, 0.25) is 0 Å². The second-order valence-electron chi connectivity index (χ2n) is 5.02. The number of benzene rings is 1. The largest absolute Gasteiger partial charge is 0.369 e. The van der Waals surface area contributed by atoms with Crippen LogP contribution in [0.1, 0.15) is 37.4 Å². The highest BCUT2D eigenvalue weighted by Crippen LogP contribution is 2.21. The summed E-state index contributed by atoms with van der Waals surface area (Å²) in [6.45, 7) is 5.17. The van der Waals surface area contributed by atoms with Gasteiger partial charge in [-0.2, -0.15) is 0 Å². The molecule has 0 aliphatic heterocycles. The molecule has 0 saturated carbocycles. The Morgan fingerprint density at radius 1 is 1.00 bits per heavy atom. The Balaban J connectivity index is 2.18. The van der Waals surface area contributed by atoms with E-state index in [1.807, 2.05) is 6.07 Å². The zero-order valence-corrected chi connectivity index (χ0v) is 14.9. The molecule has 0 spiro atoms. The molecule has 2 rings (SSSR count). The number of anilines is 1. The first-order valence-electron chi connectivity index (χ1n) is 7.57. The van der Waals surface area contributed by atoms with Crippen molar-refractivity contribution >= 4 is 28.4 Å². The van der Waals surface area contributed by atoms with Gasteiger partial charge in [0.1, 0.15) is 11.6 Å². The zero-order valence-electron chi connectivity index (χ0n) is 12.7. The van der Waals surface area contributed by atoms with E-state index >= 15 is 0 Å². The second kappa shape index (κ2) is 8.32. The van der Waals surface area contributed by atoms with Crippen molar-refractivity contribution in [1.82, 2.24) is 9.97 Å². The van der Waals surface area contributed by atoms with Crippen LogP contribution in [0.15, 0.2) is 30.3 Å². The molecule has 0 radical (unpaired) electrons. The summed E-state index contributed by atoms with van der Waals surface area (Å²) in [6.07, 6.45) is 3.99. The van der Waals surface area contributed by atoms with E-state index in [9.17, 15) is 0 Å².